The quantitative estimate of drug-likeness (QED) is 0.472. The Labute approximate surface area is 188 Å². The highest BCUT2D eigenvalue weighted by Gasteiger charge is 2.30. The number of halogens is 3. The Kier molecular flexibility index (Phi) is 6.41. The second-order valence-electron chi connectivity index (χ2n) is 7.48. The van der Waals surface area contributed by atoms with Crippen molar-refractivity contribution in [2.45, 2.75) is 18.1 Å². The number of benzene rings is 3. The average molecular weight is 460 g/mol. The first-order chi connectivity index (χ1) is 15.4. The van der Waals surface area contributed by atoms with E-state index in [1.807, 2.05) is 48.5 Å². The topological polar surface area (TPSA) is 78.8 Å². The maximum atomic E-state index is 14.1. The van der Waals surface area contributed by atoms with E-state index in [0.717, 1.165) is 34.4 Å². The Balaban J connectivity index is 1.37. The lowest BCUT2D eigenvalue weighted by atomic mass is 9.98. The molecule has 1 aliphatic carbocycles. The minimum atomic E-state index is -1.93. The fourth-order valence-electron chi connectivity index (χ4n) is 3.96. The number of fused-ring (bicyclic) bond motifs is 3. The van der Waals surface area contributed by atoms with Crippen LogP contribution < -0.4 is 5.32 Å². The van der Waals surface area contributed by atoms with E-state index in [4.69, 9.17) is 16.3 Å². The Morgan fingerprint density at radius 3 is 2.22 bits per heavy atom. The third-order valence-electron chi connectivity index (χ3n) is 5.54. The van der Waals surface area contributed by atoms with Crippen molar-refractivity contribution in [3.63, 3.8) is 0 Å². The zero-order valence-electron chi connectivity index (χ0n) is 16.8. The lowest BCUT2D eigenvalue weighted by Crippen LogP contribution is -2.36. The molecule has 3 N–H and O–H groups in total. The first kappa shape index (κ1) is 22.2. The molecule has 0 saturated carbocycles. The molecule has 0 aromatic heterocycles. The van der Waals surface area contributed by atoms with Crippen LogP contribution in [0.25, 0.3) is 11.1 Å². The van der Waals surface area contributed by atoms with Gasteiger partial charge in [-0.2, -0.15) is 0 Å². The molecule has 1 amide bonds. The van der Waals surface area contributed by atoms with Crippen LogP contribution in [0.2, 0.25) is 5.02 Å². The molecule has 3 aromatic carbocycles. The molecule has 0 radical (unpaired) electrons. The summed E-state index contributed by atoms with van der Waals surface area (Å²) in [6.45, 7) is -0.417. The van der Waals surface area contributed by atoms with Gasteiger partial charge in [-0.05, 0) is 34.4 Å². The molecule has 4 rings (SSSR count). The van der Waals surface area contributed by atoms with Crippen LogP contribution in [0.1, 0.15) is 28.7 Å². The number of rotatable bonds is 6. The van der Waals surface area contributed by atoms with Crippen LogP contribution in [0.15, 0.2) is 60.7 Å². The van der Waals surface area contributed by atoms with Gasteiger partial charge in [-0.3, -0.25) is 0 Å². The number of hydrogen-bond acceptors (Lipinski definition) is 4. The average Bonchev–Trinajstić information content (AvgIpc) is 3.12. The van der Waals surface area contributed by atoms with E-state index in [0.29, 0.717) is 0 Å². The van der Waals surface area contributed by atoms with Crippen molar-refractivity contribution in [3.8, 4) is 11.1 Å². The SMILES string of the molecule is O=C(NCC(O)C(O)c1c(F)ccc(Cl)c1F)OCC1c2ccccc2-c2ccccc21. The van der Waals surface area contributed by atoms with Crippen molar-refractivity contribution in [1.29, 1.82) is 0 Å². The van der Waals surface area contributed by atoms with Crippen molar-refractivity contribution >= 4 is 17.7 Å². The van der Waals surface area contributed by atoms with Crippen LogP contribution in [0, 0.1) is 11.6 Å². The number of nitrogens with one attached hydrogen (secondary N) is 1. The first-order valence-electron chi connectivity index (χ1n) is 9.97. The van der Waals surface area contributed by atoms with E-state index < -0.39 is 47.1 Å². The number of aliphatic hydroxyl groups is 2. The molecular weight excluding hydrogens is 440 g/mol. The van der Waals surface area contributed by atoms with Crippen molar-refractivity contribution in [3.05, 3.63) is 94.0 Å². The number of alkyl carbamates (subject to hydrolysis) is 1. The van der Waals surface area contributed by atoms with Gasteiger partial charge in [0.15, 0.2) is 5.82 Å². The molecule has 5 nitrogen and oxygen atoms in total. The van der Waals surface area contributed by atoms with E-state index in [2.05, 4.69) is 5.32 Å². The first-order valence-corrected chi connectivity index (χ1v) is 10.3. The van der Waals surface area contributed by atoms with E-state index >= 15 is 0 Å². The number of carbonyl (C=O) groups is 1. The number of aliphatic hydroxyl groups excluding tert-OH is 2. The number of ether oxygens (including phenoxy) is 1. The second kappa shape index (κ2) is 9.24. The van der Waals surface area contributed by atoms with Crippen LogP contribution in [0.5, 0.6) is 0 Å². The summed E-state index contributed by atoms with van der Waals surface area (Å²) in [5.74, 6) is -2.36. The maximum Gasteiger partial charge on any atom is 0.407 e. The van der Waals surface area contributed by atoms with Crippen LogP contribution >= 0.6 is 11.6 Å². The summed E-state index contributed by atoms with van der Waals surface area (Å²) in [6, 6.07) is 17.6. The normalized spacial score (nSPS) is 14.4. The number of hydrogen-bond donors (Lipinski definition) is 3. The zero-order chi connectivity index (χ0) is 22.8. The molecule has 0 aliphatic heterocycles. The molecular formula is C24H20ClF2NO4. The van der Waals surface area contributed by atoms with Gasteiger partial charge in [0, 0.05) is 12.5 Å². The smallest absolute Gasteiger partial charge is 0.407 e. The highest BCUT2D eigenvalue weighted by Crippen LogP contribution is 2.44. The van der Waals surface area contributed by atoms with Gasteiger partial charge >= 0.3 is 6.09 Å². The van der Waals surface area contributed by atoms with Crippen molar-refractivity contribution < 1.29 is 28.5 Å². The molecule has 2 unspecified atom stereocenters. The maximum absolute atomic E-state index is 14.1. The van der Waals surface area contributed by atoms with Gasteiger partial charge in [0.25, 0.3) is 0 Å². The van der Waals surface area contributed by atoms with E-state index in [1.165, 1.54) is 0 Å². The van der Waals surface area contributed by atoms with Gasteiger partial charge in [0.05, 0.1) is 10.6 Å². The van der Waals surface area contributed by atoms with E-state index in [-0.39, 0.29) is 12.5 Å². The Hall–Kier alpha value is -3.00. The molecule has 0 bridgehead atoms. The van der Waals surface area contributed by atoms with Crippen molar-refractivity contribution in [2.24, 2.45) is 0 Å². The molecule has 3 aromatic rings. The summed E-state index contributed by atoms with van der Waals surface area (Å²) >= 11 is 5.61. The lowest BCUT2D eigenvalue weighted by Gasteiger charge is -2.20. The fraction of sp³-hybridized carbons (Fsp3) is 0.208. The Morgan fingerprint density at radius 1 is 1.00 bits per heavy atom. The summed E-state index contributed by atoms with van der Waals surface area (Å²) in [6.07, 6.45) is -4.44. The highest BCUT2D eigenvalue weighted by atomic mass is 35.5. The Bertz CT molecular complexity index is 1110. The minimum Gasteiger partial charge on any atom is -0.449 e. The number of amides is 1. The predicted octanol–water partition coefficient (Wildman–Crippen LogP) is 4.55. The van der Waals surface area contributed by atoms with Crippen molar-refractivity contribution in [1.82, 2.24) is 5.32 Å². The molecule has 2 atom stereocenters. The van der Waals surface area contributed by atoms with Gasteiger partial charge in [-0.1, -0.05) is 60.1 Å². The van der Waals surface area contributed by atoms with Gasteiger partial charge in [0.1, 0.15) is 24.6 Å². The minimum absolute atomic E-state index is 0.0655. The monoisotopic (exact) mass is 459 g/mol. The van der Waals surface area contributed by atoms with Crippen LogP contribution in [0.4, 0.5) is 13.6 Å². The number of carbonyl (C=O) groups excluding carboxylic acids is 1. The van der Waals surface area contributed by atoms with Crippen LogP contribution in [-0.2, 0) is 4.74 Å². The summed E-state index contributed by atoms with van der Waals surface area (Å²) < 4.78 is 33.3. The van der Waals surface area contributed by atoms with Crippen molar-refractivity contribution in [2.75, 3.05) is 13.2 Å². The third-order valence-corrected chi connectivity index (χ3v) is 5.83. The lowest BCUT2D eigenvalue weighted by molar-refractivity contribution is 0.0144. The third kappa shape index (κ3) is 4.19. The van der Waals surface area contributed by atoms with E-state index in [9.17, 15) is 23.8 Å². The molecule has 0 fully saturated rings. The molecule has 0 spiro atoms. The predicted molar refractivity (Wildman–Crippen MR) is 115 cm³/mol. The molecule has 1 aliphatic rings. The standard InChI is InChI=1S/C24H20ClF2NO4/c25-18-9-10-19(26)21(22(18)27)23(30)20(29)11-28-24(31)32-12-17-15-7-3-1-5-13(15)14-6-2-4-8-16(14)17/h1-10,17,20,23,29-30H,11-12H2,(H,28,31). The highest BCUT2D eigenvalue weighted by molar-refractivity contribution is 6.30. The summed E-state index contributed by atoms with van der Waals surface area (Å²) in [4.78, 5) is 12.2. The summed E-state index contributed by atoms with van der Waals surface area (Å²) in [5, 5.41) is 22.1. The van der Waals surface area contributed by atoms with Crippen LogP contribution in [-0.4, -0.2) is 35.6 Å². The van der Waals surface area contributed by atoms with Gasteiger partial charge in [0.2, 0.25) is 0 Å². The van der Waals surface area contributed by atoms with E-state index in [1.54, 1.807) is 0 Å². The summed E-state index contributed by atoms with van der Waals surface area (Å²) in [5.41, 5.74) is 3.49. The molecule has 8 heteroatoms. The zero-order valence-corrected chi connectivity index (χ0v) is 17.5. The summed E-state index contributed by atoms with van der Waals surface area (Å²) in [7, 11) is 0. The van der Waals surface area contributed by atoms with Crippen LogP contribution in [0.3, 0.4) is 0 Å². The van der Waals surface area contributed by atoms with Gasteiger partial charge < -0.3 is 20.3 Å². The van der Waals surface area contributed by atoms with Gasteiger partial charge in [-0.25, -0.2) is 13.6 Å². The fourth-order valence-corrected chi connectivity index (χ4v) is 4.12. The molecule has 0 saturated heterocycles. The second-order valence-corrected chi connectivity index (χ2v) is 7.88. The molecule has 166 valence electrons. The van der Waals surface area contributed by atoms with Gasteiger partial charge in [-0.15, -0.1) is 0 Å². The molecule has 32 heavy (non-hydrogen) atoms. The Morgan fingerprint density at radius 2 is 1.59 bits per heavy atom. The molecule has 0 heterocycles. The largest absolute Gasteiger partial charge is 0.449 e.